The van der Waals surface area contributed by atoms with E-state index < -0.39 is 11.2 Å². The summed E-state index contributed by atoms with van der Waals surface area (Å²) < 4.78 is 17.1. The summed E-state index contributed by atoms with van der Waals surface area (Å²) in [6.07, 6.45) is 0.556. The predicted octanol–water partition coefficient (Wildman–Crippen LogP) is 3.99. The lowest BCUT2D eigenvalue weighted by Crippen LogP contribution is -2.46. The van der Waals surface area contributed by atoms with Gasteiger partial charge in [0.1, 0.15) is 17.0 Å². The number of hydrogen-bond acceptors (Lipinski definition) is 5. The van der Waals surface area contributed by atoms with Gasteiger partial charge in [0.2, 0.25) is 0 Å². The highest BCUT2D eigenvalue weighted by Crippen LogP contribution is 2.48. The van der Waals surface area contributed by atoms with Crippen LogP contribution >= 0.6 is 11.3 Å². The summed E-state index contributed by atoms with van der Waals surface area (Å²) in [4.78, 5) is 16.4. The van der Waals surface area contributed by atoms with Crippen LogP contribution in [0.25, 0.3) is 5.76 Å². The van der Waals surface area contributed by atoms with Crippen LogP contribution < -0.4 is 0 Å². The second-order valence-corrected chi connectivity index (χ2v) is 8.38. The first-order valence-corrected chi connectivity index (χ1v) is 9.12. The van der Waals surface area contributed by atoms with Crippen molar-refractivity contribution in [2.24, 2.45) is 0 Å². The summed E-state index contributed by atoms with van der Waals surface area (Å²) in [5.74, 6) is 0.682. The molecule has 0 radical (unpaired) electrons. The Labute approximate surface area is 147 Å². The second kappa shape index (κ2) is 6.08. The van der Waals surface area contributed by atoms with E-state index in [0.717, 1.165) is 16.2 Å². The fourth-order valence-corrected chi connectivity index (χ4v) is 4.31. The van der Waals surface area contributed by atoms with E-state index in [9.17, 15) is 4.79 Å². The maximum absolute atomic E-state index is 12.4. The van der Waals surface area contributed by atoms with Crippen LogP contribution in [0, 0.1) is 0 Å². The molecule has 2 aliphatic heterocycles. The number of rotatable bonds is 4. The lowest BCUT2D eigenvalue weighted by molar-refractivity contribution is -0.0540. The van der Waals surface area contributed by atoms with E-state index in [1.165, 1.54) is 0 Å². The van der Waals surface area contributed by atoms with E-state index in [-0.39, 0.29) is 12.1 Å². The normalized spacial score (nSPS) is 25.8. The van der Waals surface area contributed by atoms with Crippen LogP contribution in [0.4, 0.5) is 4.79 Å². The molecule has 3 rings (SSSR count). The maximum atomic E-state index is 12.4. The minimum Gasteiger partial charge on any atom is -0.493 e. The van der Waals surface area contributed by atoms with Gasteiger partial charge in [-0.25, -0.2) is 4.79 Å². The standard InChI is InChI=1S/C18H25NO4S/c1-6-21-12(2)14-7-8-15(24-14)18-9-13(10-22-18)19(11-18)16(20)23-17(3,4)5/h7-8,13H,2,6,9-11H2,1,3-5H3/t13-,18-/m1/s1. The number of carbonyl (C=O) groups is 1. The zero-order chi connectivity index (χ0) is 17.5. The van der Waals surface area contributed by atoms with E-state index in [4.69, 9.17) is 14.2 Å². The molecule has 0 aromatic carbocycles. The zero-order valence-corrected chi connectivity index (χ0v) is 15.6. The average molecular weight is 351 g/mol. The molecule has 5 nitrogen and oxygen atoms in total. The Hall–Kier alpha value is -1.53. The molecule has 2 bridgehead atoms. The largest absolute Gasteiger partial charge is 0.493 e. The van der Waals surface area contributed by atoms with Crippen LogP contribution in [-0.4, -0.2) is 42.4 Å². The molecule has 6 heteroatoms. The second-order valence-electron chi connectivity index (χ2n) is 7.29. The summed E-state index contributed by atoms with van der Waals surface area (Å²) >= 11 is 1.63. The van der Waals surface area contributed by atoms with Gasteiger partial charge in [-0.2, -0.15) is 0 Å². The quantitative estimate of drug-likeness (QED) is 0.770. The number of nitrogens with zero attached hydrogens (tertiary/aromatic N) is 1. The molecule has 0 unspecified atom stereocenters. The third-order valence-electron chi connectivity index (χ3n) is 4.26. The Kier molecular flexibility index (Phi) is 4.38. The van der Waals surface area contributed by atoms with Gasteiger partial charge >= 0.3 is 6.09 Å². The van der Waals surface area contributed by atoms with Crippen molar-refractivity contribution in [1.82, 2.24) is 4.90 Å². The first-order chi connectivity index (χ1) is 11.2. The Morgan fingerprint density at radius 2 is 2.25 bits per heavy atom. The molecule has 1 aromatic heterocycles. The summed E-state index contributed by atoms with van der Waals surface area (Å²) in [6, 6.07) is 4.16. The molecule has 3 heterocycles. The number of ether oxygens (including phenoxy) is 3. The number of thiophene rings is 1. The number of amides is 1. The van der Waals surface area contributed by atoms with Gasteiger partial charge in [0.15, 0.2) is 0 Å². The first kappa shape index (κ1) is 17.3. The number of fused-ring (bicyclic) bond motifs is 2. The minimum absolute atomic E-state index is 0.0838. The maximum Gasteiger partial charge on any atom is 0.410 e. The number of hydrogen-bond donors (Lipinski definition) is 0. The summed E-state index contributed by atoms with van der Waals surface area (Å²) in [5.41, 5.74) is -0.907. The van der Waals surface area contributed by atoms with Crippen molar-refractivity contribution in [3.05, 3.63) is 28.5 Å². The van der Waals surface area contributed by atoms with Crippen LogP contribution in [-0.2, 0) is 19.8 Å². The van der Waals surface area contributed by atoms with Crippen molar-refractivity contribution in [3.8, 4) is 0 Å². The van der Waals surface area contributed by atoms with Gasteiger partial charge in [-0.3, -0.25) is 4.90 Å². The molecule has 1 amide bonds. The molecule has 132 valence electrons. The van der Waals surface area contributed by atoms with Crippen LogP contribution in [0.2, 0.25) is 0 Å². The molecule has 0 N–H and O–H groups in total. The van der Waals surface area contributed by atoms with Crippen molar-refractivity contribution < 1.29 is 19.0 Å². The van der Waals surface area contributed by atoms with Crippen molar-refractivity contribution in [2.45, 2.75) is 51.4 Å². The molecular formula is C18H25NO4S. The third kappa shape index (κ3) is 3.17. The Morgan fingerprint density at radius 1 is 1.50 bits per heavy atom. The van der Waals surface area contributed by atoms with Crippen molar-refractivity contribution in [2.75, 3.05) is 19.8 Å². The zero-order valence-electron chi connectivity index (χ0n) is 14.8. The molecule has 2 atom stereocenters. The van der Waals surface area contributed by atoms with Crippen LogP contribution in [0.15, 0.2) is 18.7 Å². The Bertz CT molecular complexity index is 648. The number of carbonyl (C=O) groups excluding carboxylic acids is 1. The van der Waals surface area contributed by atoms with Gasteiger partial charge in [-0.15, -0.1) is 11.3 Å². The molecular weight excluding hydrogens is 326 g/mol. The van der Waals surface area contributed by atoms with Gasteiger partial charge in [-0.05, 0) is 39.8 Å². The van der Waals surface area contributed by atoms with E-state index in [0.29, 0.717) is 25.5 Å². The van der Waals surface area contributed by atoms with Gasteiger partial charge in [0, 0.05) is 11.3 Å². The molecule has 0 saturated carbocycles. The van der Waals surface area contributed by atoms with Crippen molar-refractivity contribution >= 4 is 23.2 Å². The highest BCUT2D eigenvalue weighted by Gasteiger charge is 2.55. The summed E-state index contributed by atoms with van der Waals surface area (Å²) in [6.45, 7) is 13.2. The summed E-state index contributed by atoms with van der Waals surface area (Å²) in [7, 11) is 0. The van der Waals surface area contributed by atoms with Crippen LogP contribution in [0.3, 0.4) is 0 Å². The fraction of sp³-hybridized carbons (Fsp3) is 0.611. The molecule has 24 heavy (non-hydrogen) atoms. The number of morpholine rings is 1. The molecule has 1 aromatic rings. The highest BCUT2D eigenvalue weighted by molar-refractivity contribution is 7.13. The fourth-order valence-electron chi connectivity index (χ4n) is 3.23. The minimum atomic E-state index is -0.488. The summed E-state index contributed by atoms with van der Waals surface area (Å²) in [5, 5.41) is 0. The highest BCUT2D eigenvalue weighted by atomic mass is 32.1. The SMILES string of the molecule is C=C(OCC)c1ccc([C@]23C[C@H](CO2)N(C(=O)OC(C)(C)C)C3)s1. The molecule has 2 fully saturated rings. The lowest BCUT2D eigenvalue weighted by atomic mass is 10.0. The lowest BCUT2D eigenvalue weighted by Gasteiger charge is -2.33. The van der Waals surface area contributed by atoms with E-state index in [2.05, 4.69) is 12.6 Å². The Morgan fingerprint density at radius 3 is 2.92 bits per heavy atom. The van der Waals surface area contributed by atoms with Crippen molar-refractivity contribution in [3.63, 3.8) is 0 Å². The monoisotopic (exact) mass is 351 g/mol. The van der Waals surface area contributed by atoms with Gasteiger partial charge < -0.3 is 14.2 Å². The van der Waals surface area contributed by atoms with E-state index >= 15 is 0 Å². The topological polar surface area (TPSA) is 48.0 Å². The number of likely N-dealkylation sites (tertiary alicyclic amines) is 1. The van der Waals surface area contributed by atoms with Crippen molar-refractivity contribution in [1.29, 1.82) is 0 Å². The van der Waals surface area contributed by atoms with Gasteiger partial charge in [0.25, 0.3) is 0 Å². The molecule has 0 aliphatic carbocycles. The third-order valence-corrected chi connectivity index (χ3v) is 5.57. The smallest absolute Gasteiger partial charge is 0.410 e. The molecule has 2 aliphatic rings. The van der Waals surface area contributed by atoms with Gasteiger partial charge in [0.05, 0.1) is 30.7 Å². The first-order valence-electron chi connectivity index (χ1n) is 8.30. The van der Waals surface area contributed by atoms with E-state index in [1.54, 1.807) is 11.3 Å². The molecule has 0 spiro atoms. The Balaban J connectivity index is 1.76. The molecule has 2 saturated heterocycles. The average Bonchev–Trinajstić information content (AvgIpc) is 3.20. The van der Waals surface area contributed by atoms with Gasteiger partial charge in [-0.1, -0.05) is 6.58 Å². The predicted molar refractivity (Wildman–Crippen MR) is 94.0 cm³/mol. The van der Waals surface area contributed by atoms with Crippen LogP contribution in [0.1, 0.15) is 43.9 Å². The van der Waals surface area contributed by atoms with Crippen LogP contribution in [0.5, 0.6) is 0 Å². The van der Waals surface area contributed by atoms with E-state index in [1.807, 2.05) is 38.7 Å².